The molecule has 0 saturated heterocycles. The number of hydrogen-bond donors (Lipinski definition) is 0. The maximum Gasteiger partial charge on any atom is 0.330 e. The van der Waals surface area contributed by atoms with Crippen molar-refractivity contribution in [3.05, 3.63) is 140 Å². The lowest BCUT2D eigenvalue weighted by atomic mass is 9.99. The van der Waals surface area contributed by atoms with Crippen molar-refractivity contribution >= 4 is 148 Å². The van der Waals surface area contributed by atoms with Crippen molar-refractivity contribution in [2.24, 2.45) is 5.41 Å². The normalized spacial score (nSPS) is 12.1. The third kappa shape index (κ3) is 7.69. The summed E-state index contributed by atoms with van der Waals surface area (Å²) in [5.41, 5.74) is -0.0658. The van der Waals surface area contributed by atoms with E-state index in [0.29, 0.717) is 6.61 Å². The molecule has 0 radical (unpaired) electrons. The monoisotopic (exact) mass is 844 g/mol. The molecule has 274 valence electrons. The van der Waals surface area contributed by atoms with Gasteiger partial charge in [-0.2, -0.15) is 11.8 Å². The summed E-state index contributed by atoms with van der Waals surface area (Å²) >= 11 is 13.6. The molecular weight excluding hydrogens is 809 g/mol. The molecule has 0 aliphatic carbocycles. The SMILES string of the molecule is C=CC(=O)OCCSCC(CSc1cccc2c1sc1ccccc12)(CSc1cccc2c1sc1ccccc12)CSc1cccc2c1sc1ccccc12. The van der Waals surface area contributed by atoms with Gasteiger partial charge in [0.1, 0.15) is 6.61 Å². The summed E-state index contributed by atoms with van der Waals surface area (Å²) in [5.74, 6) is 4.21. The van der Waals surface area contributed by atoms with E-state index in [1.807, 2.05) is 81.1 Å². The third-order valence-corrected chi connectivity index (χ3v) is 19.3. The molecule has 0 N–H and O–H groups in total. The fourth-order valence-corrected chi connectivity index (χ4v) is 16.6. The Morgan fingerprint density at radius 1 is 0.527 bits per heavy atom. The molecule has 0 aliphatic rings. The van der Waals surface area contributed by atoms with Gasteiger partial charge in [-0.05, 0) is 36.4 Å². The highest BCUT2D eigenvalue weighted by Gasteiger charge is 2.32. The van der Waals surface area contributed by atoms with Gasteiger partial charge >= 0.3 is 5.97 Å². The Balaban J connectivity index is 1.08. The zero-order valence-electron chi connectivity index (χ0n) is 29.8. The van der Waals surface area contributed by atoms with Gasteiger partial charge in [0.2, 0.25) is 0 Å². The first kappa shape index (κ1) is 37.2. The lowest BCUT2D eigenvalue weighted by Gasteiger charge is -2.33. The van der Waals surface area contributed by atoms with E-state index in [-0.39, 0.29) is 11.4 Å². The van der Waals surface area contributed by atoms with E-state index in [9.17, 15) is 4.79 Å². The third-order valence-electron chi connectivity index (χ3n) is 9.75. The molecule has 0 saturated carbocycles. The van der Waals surface area contributed by atoms with Crippen LogP contribution < -0.4 is 0 Å². The van der Waals surface area contributed by atoms with E-state index in [0.717, 1.165) is 28.8 Å². The van der Waals surface area contributed by atoms with Crippen LogP contribution in [0.4, 0.5) is 0 Å². The number of thioether (sulfide) groups is 4. The largest absolute Gasteiger partial charge is 0.462 e. The fourth-order valence-electron chi connectivity index (χ4n) is 7.00. The molecule has 9 heteroatoms. The quantitative estimate of drug-likeness (QED) is 0.0441. The van der Waals surface area contributed by atoms with Crippen molar-refractivity contribution in [3.8, 4) is 0 Å². The molecule has 2 nitrogen and oxygen atoms in total. The van der Waals surface area contributed by atoms with E-state index in [2.05, 4.69) is 134 Å². The maximum atomic E-state index is 11.9. The van der Waals surface area contributed by atoms with E-state index < -0.39 is 0 Å². The Hall–Kier alpha value is -3.41. The molecule has 0 unspecified atom stereocenters. The summed E-state index contributed by atoms with van der Waals surface area (Å²) in [7, 11) is 0. The Morgan fingerprint density at radius 2 is 0.909 bits per heavy atom. The zero-order chi connectivity index (χ0) is 37.2. The van der Waals surface area contributed by atoms with Crippen LogP contribution in [0.3, 0.4) is 0 Å². The van der Waals surface area contributed by atoms with Crippen molar-refractivity contribution in [1.29, 1.82) is 0 Å². The second-order valence-electron chi connectivity index (χ2n) is 13.5. The number of esters is 1. The number of benzene rings is 6. The van der Waals surface area contributed by atoms with E-state index in [1.165, 1.54) is 81.3 Å². The average Bonchev–Trinajstić information content (AvgIpc) is 3.93. The first-order chi connectivity index (χ1) is 27.1. The van der Waals surface area contributed by atoms with Crippen LogP contribution in [-0.4, -0.2) is 41.3 Å². The van der Waals surface area contributed by atoms with Gasteiger partial charge in [-0.25, -0.2) is 4.79 Å². The summed E-state index contributed by atoms with van der Waals surface area (Å²) < 4.78 is 13.6. The van der Waals surface area contributed by atoms with Gasteiger partial charge in [-0.15, -0.1) is 69.3 Å². The van der Waals surface area contributed by atoms with E-state index >= 15 is 0 Å². The van der Waals surface area contributed by atoms with Gasteiger partial charge in [0.15, 0.2) is 0 Å². The Labute approximate surface area is 349 Å². The Kier molecular flexibility index (Phi) is 11.2. The molecule has 9 rings (SSSR count). The number of hydrogen-bond acceptors (Lipinski definition) is 9. The highest BCUT2D eigenvalue weighted by molar-refractivity contribution is 8.02. The van der Waals surface area contributed by atoms with Gasteiger partial charge in [-0.1, -0.05) is 97.6 Å². The summed E-state index contributed by atoms with van der Waals surface area (Å²) in [6.45, 7) is 3.95. The number of carbonyl (C=O) groups is 1. The van der Waals surface area contributed by atoms with Crippen LogP contribution in [0.5, 0.6) is 0 Å². The number of carbonyl (C=O) groups excluding carboxylic acids is 1. The van der Waals surface area contributed by atoms with Crippen LogP contribution in [0.15, 0.2) is 155 Å². The van der Waals surface area contributed by atoms with Crippen molar-refractivity contribution < 1.29 is 9.53 Å². The maximum absolute atomic E-state index is 11.9. The van der Waals surface area contributed by atoms with Gasteiger partial charge in [0, 0.05) is 115 Å². The molecule has 0 spiro atoms. The van der Waals surface area contributed by atoms with Crippen LogP contribution >= 0.6 is 81.1 Å². The van der Waals surface area contributed by atoms with Crippen molar-refractivity contribution in [3.63, 3.8) is 0 Å². The van der Waals surface area contributed by atoms with Crippen LogP contribution in [0.2, 0.25) is 0 Å². The van der Waals surface area contributed by atoms with Gasteiger partial charge in [0.25, 0.3) is 0 Å². The number of rotatable bonds is 15. The van der Waals surface area contributed by atoms with Crippen molar-refractivity contribution in [2.45, 2.75) is 14.7 Å². The van der Waals surface area contributed by atoms with E-state index in [4.69, 9.17) is 4.74 Å². The molecule has 0 fully saturated rings. The minimum atomic E-state index is -0.363. The highest BCUT2D eigenvalue weighted by atomic mass is 32.2. The minimum absolute atomic E-state index is 0.0658. The lowest BCUT2D eigenvalue weighted by Crippen LogP contribution is -2.33. The summed E-state index contributed by atoms with van der Waals surface area (Å²) in [6.07, 6.45) is 1.25. The fraction of sp³-hybridized carbons (Fsp3) is 0.152. The molecular formula is C46H36O2S7. The molecule has 0 aliphatic heterocycles. The van der Waals surface area contributed by atoms with Crippen molar-refractivity contribution in [2.75, 3.05) is 35.4 Å². The first-order valence-electron chi connectivity index (χ1n) is 18.1. The average molecular weight is 845 g/mol. The summed E-state index contributed by atoms with van der Waals surface area (Å²) in [4.78, 5) is 16.0. The van der Waals surface area contributed by atoms with Crippen LogP contribution in [0.25, 0.3) is 60.5 Å². The molecule has 0 atom stereocenters. The predicted octanol–water partition coefficient (Wildman–Crippen LogP) is 14.9. The van der Waals surface area contributed by atoms with Gasteiger partial charge in [0.05, 0.1) is 0 Å². The molecule has 3 heterocycles. The topological polar surface area (TPSA) is 26.3 Å². The first-order valence-corrected chi connectivity index (χ1v) is 24.6. The summed E-state index contributed by atoms with van der Waals surface area (Å²) in [6, 6.07) is 46.7. The van der Waals surface area contributed by atoms with Gasteiger partial charge < -0.3 is 4.74 Å². The van der Waals surface area contributed by atoms with Gasteiger partial charge in [-0.3, -0.25) is 0 Å². The highest BCUT2D eigenvalue weighted by Crippen LogP contribution is 2.48. The number of fused-ring (bicyclic) bond motifs is 9. The molecule has 55 heavy (non-hydrogen) atoms. The second-order valence-corrected chi connectivity index (χ2v) is 20.8. The minimum Gasteiger partial charge on any atom is -0.462 e. The van der Waals surface area contributed by atoms with Crippen LogP contribution in [-0.2, 0) is 9.53 Å². The standard InChI is InChI=1S/C46H36O2S7/c1-2-42(47)48-24-25-49-26-46(27-50-39-21-9-15-33-30-12-3-6-18-36(30)53-43(33)39,28-51-40-22-10-16-34-31-13-4-7-19-37(31)54-44(34)40)29-52-41-23-11-17-35-32-14-5-8-20-38(32)55-45(35)41/h2-23H,1,24-29H2. The lowest BCUT2D eigenvalue weighted by molar-refractivity contribution is -0.137. The van der Waals surface area contributed by atoms with Crippen molar-refractivity contribution in [1.82, 2.24) is 0 Å². The molecule has 0 amide bonds. The van der Waals surface area contributed by atoms with E-state index in [1.54, 1.807) is 0 Å². The summed E-state index contributed by atoms with van der Waals surface area (Å²) in [5, 5.41) is 8.02. The Bertz CT molecular complexity index is 2550. The smallest absolute Gasteiger partial charge is 0.330 e. The number of ether oxygens (including phenoxy) is 1. The zero-order valence-corrected chi connectivity index (χ0v) is 35.5. The van der Waals surface area contributed by atoms with Crippen LogP contribution in [0, 0.1) is 5.41 Å². The van der Waals surface area contributed by atoms with Crippen LogP contribution in [0.1, 0.15) is 0 Å². The molecule has 0 bridgehead atoms. The molecule has 9 aromatic rings. The molecule has 6 aromatic carbocycles. The Morgan fingerprint density at radius 3 is 1.31 bits per heavy atom. The predicted molar refractivity (Wildman–Crippen MR) is 251 cm³/mol. The second kappa shape index (κ2) is 16.6. The number of thiophene rings is 3. The molecule has 3 aromatic heterocycles.